The smallest absolute Gasteiger partial charge is 0.314 e. The first-order valence-corrected chi connectivity index (χ1v) is 6.42. The third-order valence-corrected chi connectivity index (χ3v) is 2.74. The van der Waals surface area contributed by atoms with Gasteiger partial charge in [0.2, 0.25) is 0 Å². The predicted molar refractivity (Wildman–Crippen MR) is 76.5 cm³/mol. The Kier molecular flexibility index (Phi) is 7.27. The molecule has 1 aromatic rings. The summed E-state index contributed by atoms with van der Waals surface area (Å²) in [6.07, 6.45) is 0.720. The van der Waals surface area contributed by atoms with Gasteiger partial charge in [0.25, 0.3) is 0 Å². The molecular formula is C14H22N2O4. The quantitative estimate of drug-likeness (QED) is 0.703. The van der Waals surface area contributed by atoms with Gasteiger partial charge in [-0.3, -0.25) is 0 Å². The zero-order valence-electron chi connectivity index (χ0n) is 12.2. The summed E-state index contributed by atoms with van der Waals surface area (Å²) in [4.78, 5) is 11.4. The average Bonchev–Trinajstić information content (AvgIpc) is 2.47. The largest absolute Gasteiger partial charge is 0.493 e. The molecule has 0 aliphatic heterocycles. The van der Waals surface area contributed by atoms with Gasteiger partial charge in [-0.2, -0.15) is 0 Å². The number of urea groups is 1. The lowest BCUT2D eigenvalue weighted by molar-refractivity contribution is 0.196. The van der Waals surface area contributed by atoms with Crippen LogP contribution < -0.4 is 20.1 Å². The van der Waals surface area contributed by atoms with Crippen LogP contribution in [0.15, 0.2) is 18.2 Å². The molecule has 0 spiro atoms. The Morgan fingerprint density at radius 1 is 1.05 bits per heavy atom. The third kappa shape index (κ3) is 5.36. The molecule has 1 aromatic carbocycles. The van der Waals surface area contributed by atoms with Gasteiger partial charge in [0, 0.05) is 20.2 Å². The maximum absolute atomic E-state index is 11.4. The summed E-state index contributed by atoms with van der Waals surface area (Å²) in [6.45, 7) is 1.55. The summed E-state index contributed by atoms with van der Waals surface area (Å²) < 4.78 is 15.2. The molecule has 0 unspecified atom stereocenters. The molecular weight excluding hydrogens is 260 g/mol. The minimum atomic E-state index is -0.192. The van der Waals surface area contributed by atoms with Crippen LogP contribution in [0, 0.1) is 0 Å². The van der Waals surface area contributed by atoms with Crippen LogP contribution in [0.3, 0.4) is 0 Å². The van der Waals surface area contributed by atoms with Gasteiger partial charge in [-0.1, -0.05) is 6.07 Å². The van der Waals surface area contributed by atoms with Crippen molar-refractivity contribution in [3.8, 4) is 11.5 Å². The van der Waals surface area contributed by atoms with E-state index in [1.807, 2.05) is 18.2 Å². The van der Waals surface area contributed by atoms with Crippen molar-refractivity contribution in [1.29, 1.82) is 0 Å². The lowest BCUT2D eigenvalue weighted by Gasteiger charge is -2.10. The Hall–Kier alpha value is -1.95. The average molecular weight is 282 g/mol. The first-order valence-electron chi connectivity index (χ1n) is 6.42. The molecule has 112 valence electrons. The highest BCUT2D eigenvalue weighted by atomic mass is 16.5. The van der Waals surface area contributed by atoms with Crippen molar-refractivity contribution < 1.29 is 19.0 Å². The molecule has 0 aliphatic carbocycles. The molecule has 0 fully saturated rings. The fourth-order valence-corrected chi connectivity index (χ4v) is 1.69. The summed E-state index contributed by atoms with van der Waals surface area (Å²) in [5.74, 6) is 1.39. The van der Waals surface area contributed by atoms with Crippen molar-refractivity contribution in [2.24, 2.45) is 0 Å². The van der Waals surface area contributed by atoms with E-state index >= 15 is 0 Å². The van der Waals surface area contributed by atoms with E-state index < -0.39 is 0 Å². The molecule has 0 bridgehead atoms. The van der Waals surface area contributed by atoms with Crippen LogP contribution in [0.5, 0.6) is 11.5 Å². The molecule has 0 saturated carbocycles. The highest BCUT2D eigenvalue weighted by Gasteiger charge is 2.05. The summed E-state index contributed by atoms with van der Waals surface area (Å²) in [5, 5.41) is 5.47. The SMILES string of the molecule is COCCNC(=O)NCCc1ccc(OC)c(OC)c1. The topological polar surface area (TPSA) is 68.8 Å². The number of hydrogen-bond acceptors (Lipinski definition) is 4. The maximum atomic E-state index is 11.4. The fraction of sp³-hybridized carbons (Fsp3) is 0.500. The molecule has 1 rings (SSSR count). The van der Waals surface area contributed by atoms with Crippen molar-refractivity contribution >= 4 is 6.03 Å². The van der Waals surface area contributed by atoms with E-state index in [-0.39, 0.29) is 6.03 Å². The van der Waals surface area contributed by atoms with Crippen LogP contribution in [0.1, 0.15) is 5.56 Å². The van der Waals surface area contributed by atoms with Crippen LogP contribution in [-0.2, 0) is 11.2 Å². The van der Waals surface area contributed by atoms with Gasteiger partial charge in [-0.25, -0.2) is 4.79 Å². The number of ether oxygens (including phenoxy) is 3. The summed E-state index contributed by atoms with van der Waals surface area (Å²) in [5.41, 5.74) is 1.07. The molecule has 2 amide bonds. The number of rotatable bonds is 8. The number of methoxy groups -OCH3 is 3. The molecule has 0 saturated heterocycles. The van der Waals surface area contributed by atoms with Crippen molar-refractivity contribution in [3.05, 3.63) is 23.8 Å². The van der Waals surface area contributed by atoms with E-state index in [1.54, 1.807) is 21.3 Å². The predicted octanol–water partition coefficient (Wildman–Crippen LogP) is 1.19. The number of nitrogens with one attached hydrogen (secondary N) is 2. The molecule has 6 nitrogen and oxygen atoms in total. The Morgan fingerprint density at radius 2 is 1.75 bits per heavy atom. The first-order chi connectivity index (χ1) is 9.71. The molecule has 20 heavy (non-hydrogen) atoms. The van der Waals surface area contributed by atoms with E-state index in [1.165, 1.54) is 0 Å². The highest BCUT2D eigenvalue weighted by Crippen LogP contribution is 2.27. The summed E-state index contributed by atoms with van der Waals surface area (Å²) >= 11 is 0. The Morgan fingerprint density at radius 3 is 2.40 bits per heavy atom. The zero-order valence-corrected chi connectivity index (χ0v) is 12.2. The lowest BCUT2D eigenvalue weighted by Crippen LogP contribution is -2.38. The standard InChI is InChI=1S/C14H22N2O4/c1-18-9-8-16-14(17)15-7-6-11-4-5-12(19-2)13(10-11)20-3/h4-5,10H,6-9H2,1-3H3,(H2,15,16,17). The van der Waals surface area contributed by atoms with Crippen molar-refractivity contribution in [1.82, 2.24) is 10.6 Å². The monoisotopic (exact) mass is 282 g/mol. The fourth-order valence-electron chi connectivity index (χ4n) is 1.69. The molecule has 0 radical (unpaired) electrons. The Balaban J connectivity index is 2.36. The minimum Gasteiger partial charge on any atom is -0.493 e. The van der Waals surface area contributed by atoms with Crippen LogP contribution in [-0.4, -0.2) is 47.1 Å². The maximum Gasteiger partial charge on any atom is 0.314 e. The van der Waals surface area contributed by atoms with Crippen LogP contribution >= 0.6 is 0 Å². The molecule has 0 aromatic heterocycles. The second-order valence-corrected chi connectivity index (χ2v) is 4.11. The lowest BCUT2D eigenvalue weighted by atomic mass is 10.1. The van der Waals surface area contributed by atoms with Gasteiger partial charge in [-0.05, 0) is 24.1 Å². The number of carbonyl (C=O) groups is 1. The van der Waals surface area contributed by atoms with E-state index in [0.717, 1.165) is 12.0 Å². The van der Waals surface area contributed by atoms with Gasteiger partial charge < -0.3 is 24.8 Å². The zero-order chi connectivity index (χ0) is 14.8. The van der Waals surface area contributed by atoms with Gasteiger partial charge in [0.15, 0.2) is 11.5 Å². The van der Waals surface area contributed by atoms with Gasteiger partial charge in [0.05, 0.1) is 20.8 Å². The minimum absolute atomic E-state index is 0.192. The molecule has 0 aliphatic rings. The second kappa shape index (κ2) is 9.03. The van der Waals surface area contributed by atoms with Gasteiger partial charge in [0.1, 0.15) is 0 Å². The normalized spacial score (nSPS) is 9.95. The van der Waals surface area contributed by atoms with E-state index in [9.17, 15) is 4.79 Å². The van der Waals surface area contributed by atoms with E-state index in [0.29, 0.717) is 31.2 Å². The molecule has 2 N–H and O–H groups in total. The van der Waals surface area contributed by atoms with E-state index in [4.69, 9.17) is 14.2 Å². The van der Waals surface area contributed by atoms with E-state index in [2.05, 4.69) is 10.6 Å². The second-order valence-electron chi connectivity index (χ2n) is 4.11. The Labute approximate surface area is 119 Å². The van der Waals surface area contributed by atoms with Gasteiger partial charge >= 0.3 is 6.03 Å². The summed E-state index contributed by atoms with van der Waals surface area (Å²) in [7, 11) is 4.79. The molecule has 6 heteroatoms. The van der Waals surface area contributed by atoms with Crippen LogP contribution in [0.25, 0.3) is 0 Å². The molecule has 0 heterocycles. The summed E-state index contributed by atoms with van der Waals surface area (Å²) in [6, 6.07) is 5.52. The van der Waals surface area contributed by atoms with Crippen LogP contribution in [0.2, 0.25) is 0 Å². The van der Waals surface area contributed by atoms with Crippen LogP contribution in [0.4, 0.5) is 4.79 Å². The highest BCUT2D eigenvalue weighted by molar-refractivity contribution is 5.73. The number of benzene rings is 1. The molecule has 0 atom stereocenters. The first kappa shape index (κ1) is 16.1. The number of carbonyl (C=O) groups excluding carboxylic acids is 1. The van der Waals surface area contributed by atoms with Crippen molar-refractivity contribution in [3.63, 3.8) is 0 Å². The van der Waals surface area contributed by atoms with Gasteiger partial charge in [-0.15, -0.1) is 0 Å². The Bertz CT molecular complexity index is 424. The van der Waals surface area contributed by atoms with Crippen molar-refractivity contribution in [2.45, 2.75) is 6.42 Å². The van der Waals surface area contributed by atoms with Crippen molar-refractivity contribution in [2.75, 3.05) is 41.0 Å². The number of amides is 2. The number of hydrogen-bond donors (Lipinski definition) is 2. The third-order valence-electron chi connectivity index (χ3n) is 2.74.